The molecule has 5 nitrogen and oxygen atoms in total. The Morgan fingerprint density at radius 3 is 2.33 bits per heavy atom. The molecule has 27 heavy (non-hydrogen) atoms. The first-order chi connectivity index (χ1) is 12.7. The largest absolute Gasteiger partial charge is 0.405 e. The quantitative estimate of drug-likeness (QED) is 0.766. The molecule has 0 radical (unpaired) electrons. The van der Waals surface area contributed by atoms with Gasteiger partial charge in [0.1, 0.15) is 6.54 Å². The lowest BCUT2D eigenvalue weighted by molar-refractivity contribution is -0.141. The maximum atomic E-state index is 12.7. The summed E-state index contributed by atoms with van der Waals surface area (Å²) in [6.07, 6.45) is -1.13. The van der Waals surface area contributed by atoms with Crippen molar-refractivity contribution in [2.75, 3.05) is 26.2 Å². The SMILES string of the molecule is Cc1cc(C(=O)CN2CCC(C(=O)NCC(F)(F)F)CC2)c(C)n1C1CC1. The summed E-state index contributed by atoms with van der Waals surface area (Å²) < 4.78 is 38.9. The number of alkyl halides is 3. The minimum absolute atomic E-state index is 0.0648. The highest BCUT2D eigenvalue weighted by Gasteiger charge is 2.32. The Kier molecular flexibility index (Phi) is 5.65. The number of aryl methyl sites for hydroxylation is 1. The van der Waals surface area contributed by atoms with Gasteiger partial charge in [0.2, 0.25) is 5.91 Å². The highest BCUT2D eigenvalue weighted by atomic mass is 19.4. The van der Waals surface area contributed by atoms with Gasteiger partial charge in [-0.25, -0.2) is 0 Å². The van der Waals surface area contributed by atoms with Crippen LogP contribution in [0.2, 0.25) is 0 Å². The molecule has 2 fully saturated rings. The van der Waals surface area contributed by atoms with Gasteiger partial charge in [0.15, 0.2) is 5.78 Å². The molecule has 1 saturated carbocycles. The van der Waals surface area contributed by atoms with Crippen LogP contribution >= 0.6 is 0 Å². The minimum Gasteiger partial charge on any atom is -0.347 e. The van der Waals surface area contributed by atoms with E-state index in [9.17, 15) is 22.8 Å². The Balaban J connectivity index is 1.50. The van der Waals surface area contributed by atoms with E-state index < -0.39 is 24.5 Å². The fourth-order valence-corrected chi connectivity index (χ4v) is 3.93. The van der Waals surface area contributed by atoms with Gasteiger partial charge in [-0.05, 0) is 58.7 Å². The van der Waals surface area contributed by atoms with Crippen LogP contribution in [0.4, 0.5) is 13.2 Å². The van der Waals surface area contributed by atoms with Gasteiger partial charge in [-0.15, -0.1) is 0 Å². The number of carbonyl (C=O) groups excluding carboxylic acids is 2. The monoisotopic (exact) mass is 385 g/mol. The van der Waals surface area contributed by atoms with Gasteiger partial charge in [0.05, 0.1) is 6.54 Å². The second kappa shape index (κ2) is 7.66. The molecule has 1 N–H and O–H groups in total. The first kappa shape index (κ1) is 19.9. The molecule has 2 heterocycles. The summed E-state index contributed by atoms with van der Waals surface area (Å²) in [4.78, 5) is 26.5. The van der Waals surface area contributed by atoms with E-state index in [4.69, 9.17) is 0 Å². The van der Waals surface area contributed by atoms with E-state index in [1.807, 2.05) is 30.1 Å². The summed E-state index contributed by atoms with van der Waals surface area (Å²) >= 11 is 0. The number of rotatable bonds is 6. The third kappa shape index (κ3) is 4.91. The van der Waals surface area contributed by atoms with Crippen LogP contribution in [-0.4, -0.2) is 53.5 Å². The van der Waals surface area contributed by atoms with Crippen LogP contribution in [0.15, 0.2) is 6.07 Å². The molecular formula is C19H26F3N3O2. The van der Waals surface area contributed by atoms with Crippen molar-refractivity contribution in [2.24, 2.45) is 5.92 Å². The summed E-state index contributed by atoms with van der Waals surface area (Å²) in [5, 5.41) is 1.95. The zero-order valence-corrected chi connectivity index (χ0v) is 15.7. The van der Waals surface area contributed by atoms with Crippen molar-refractivity contribution in [3.8, 4) is 0 Å². The maximum Gasteiger partial charge on any atom is 0.405 e. The highest BCUT2D eigenvalue weighted by molar-refractivity contribution is 5.99. The predicted octanol–water partition coefficient (Wildman–Crippen LogP) is 3.01. The summed E-state index contributed by atoms with van der Waals surface area (Å²) in [6, 6.07) is 2.48. The van der Waals surface area contributed by atoms with Gasteiger partial charge in [0.25, 0.3) is 0 Å². The smallest absolute Gasteiger partial charge is 0.347 e. The van der Waals surface area contributed by atoms with Gasteiger partial charge in [-0.3, -0.25) is 14.5 Å². The Bertz CT molecular complexity index is 715. The molecule has 0 unspecified atom stereocenters. The highest BCUT2D eigenvalue weighted by Crippen LogP contribution is 2.38. The first-order valence-electron chi connectivity index (χ1n) is 9.44. The number of nitrogens with zero attached hydrogens (tertiary/aromatic N) is 2. The molecular weight excluding hydrogens is 359 g/mol. The van der Waals surface area contributed by atoms with E-state index in [1.54, 1.807) is 0 Å². The van der Waals surface area contributed by atoms with Crippen molar-refractivity contribution in [3.63, 3.8) is 0 Å². The van der Waals surface area contributed by atoms with Crippen molar-refractivity contribution >= 4 is 11.7 Å². The van der Waals surface area contributed by atoms with Gasteiger partial charge in [-0.1, -0.05) is 0 Å². The number of likely N-dealkylation sites (tertiary alicyclic amines) is 1. The second-order valence-corrected chi connectivity index (χ2v) is 7.69. The predicted molar refractivity (Wildman–Crippen MR) is 94.7 cm³/mol. The number of carbonyl (C=O) groups is 2. The van der Waals surface area contributed by atoms with Crippen molar-refractivity contribution in [3.05, 3.63) is 23.0 Å². The van der Waals surface area contributed by atoms with Crippen LogP contribution in [0, 0.1) is 19.8 Å². The zero-order chi connectivity index (χ0) is 19.8. The normalized spacial score (nSPS) is 19.3. The Hall–Kier alpha value is -1.83. The molecule has 0 spiro atoms. The molecule has 1 aliphatic heterocycles. The number of nitrogens with one attached hydrogen (secondary N) is 1. The Morgan fingerprint density at radius 2 is 1.78 bits per heavy atom. The number of halogens is 3. The average Bonchev–Trinajstić information content (AvgIpc) is 3.37. The maximum absolute atomic E-state index is 12.7. The topological polar surface area (TPSA) is 54.3 Å². The van der Waals surface area contributed by atoms with Crippen molar-refractivity contribution in [1.82, 2.24) is 14.8 Å². The zero-order valence-electron chi connectivity index (χ0n) is 15.7. The Morgan fingerprint density at radius 1 is 1.15 bits per heavy atom. The lowest BCUT2D eigenvalue weighted by atomic mass is 9.95. The first-order valence-corrected chi connectivity index (χ1v) is 9.44. The van der Waals surface area contributed by atoms with Crippen molar-refractivity contribution in [1.29, 1.82) is 0 Å². The molecule has 1 aliphatic carbocycles. The summed E-state index contributed by atoms with van der Waals surface area (Å²) in [6.45, 7) is 4.07. The van der Waals surface area contributed by atoms with E-state index in [0.29, 0.717) is 32.0 Å². The number of aromatic nitrogens is 1. The number of ketones is 1. The van der Waals surface area contributed by atoms with Gasteiger partial charge >= 0.3 is 6.18 Å². The van der Waals surface area contributed by atoms with Gasteiger partial charge in [0, 0.05) is 28.9 Å². The molecule has 1 amide bonds. The Labute approximate surface area is 156 Å². The van der Waals surface area contributed by atoms with Crippen molar-refractivity contribution < 1.29 is 22.8 Å². The van der Waals surface area contributed by atoms with E-state index in [1.165, 1.54) is 0 Å². The van der Waals surface area contributed by atoms with Gasteiger partial charge < -0.3 is 9.88 Å². The van der Waals surface area contributed by atoms with Crippen LogP contribution in [0.25, 0.3) is 0 Å². The third-order valence-electron chi connectivity index (χ3n) is 5.49. The number of Topliss-reactive ketones (excluding diaryl/α,β-unsaturated/α-hetero) is 1. The van der Waals surface area contributed by atoms with Crippen LogP contribution in [0.3, 0.4) is 0 Å². The fraction of sp³-hybridized carbons (Fsp3) is 0.684. The van der Waals surface area contributed by atoms with Crippen LogP contribution in [0.5, 0.6) is 0 Å². The van der Waals surface area contributed by atoms with Crippen molar-refractivity contribution in [2.45, 2.75) is 51.7 Å². The summed E-state index contributed by atoms with van der Waals surface area (Å²) in [7, 11) is 0. The molecule has 1 aromatic rings. The van der Waals surface area contributed by atoms with E-state index >= 15 is 0 Å². The standard InChI is InChI=1S/C19H26F3N3O2/c1-12-9-16(13(2)25(12)15-3-4-15)17(26)10-24-7-5-14(6-8-24)18(27)23-11-19(20,21)22/h9,14-15H,3-8,10-11H2,1-2H3,(H,23,27). The number of hydrogen-bond acceptors (Lipinski definition) is 3. The third-order valence-corrected chi connectivity index (χ3v) is 5.49. The van der Waals surface area contributed by atoms with Crippen LogP contribution in [-0.2, 0) is 4.79 Å². The van der Waals surface area contributed by atoms with Gasteiger partial charge in [-0.2, -0.15) is 13.2 Å². The van der Waals surface area contributed by atoms with E-state index in [-0.39, 0.29) is 12.3 Å². The minimum atomic E-state index is -4.39. The average molecular weight is 385 g/mol. The molecule has 8 heteroatoms. The second-order valence-electron chi connectivity index (χ2n) is 7.69. The lowest BCUT2D eigenvalue weighted by Gasteiger charge is -2.30. The molecule has 2 aliphatic rings. The molecule has 150 valence electrons. The molecule has 1 saturated heterocycles. The number of amides is 1. The summed E-state index contributed by atoms with van der Waals surface area (Å²) in [5.74, 6) is -0.903. The van der Waals surface area contributed by atoms with E-state index in [0.717, 1.165) is 29.8 Å². The molecule has 0 bridgehead atoms. The van der Waals surface area contributed by atoms with E-state index in [2.05, 4.69) is 4.57 Å². The molecule has 0 aromatic carbocycles. The van der Waals surface area contributed by atoms with Crippen LogP contribution < -0.4 is 5.32 Å². The molecule has 1 aromatic heterocycles. The van der Waals surface area contributed by atoms with Crippen LogP contribution in [0.1, 0.15) is 53.5 Å². The molecule has 3 rings (SSSR count). The molecule has 0 atom stereocenters. The lowest BCUT2D eigenvalue weighted by Crippen LogP contribution is -2.44. The fourth-order valence-electron chi connectivity index (χ4n) is 3.93. The number of piperidine rings is 1. The number of hydrogen-bond donors (Lipinski definition) is 1. The summed E-state index contributed by atoms with van der Waals surface area (Å²) in [5.41, 5.74) is 2.88.